The van der Waals surface area contributed by atoms with Gasteiger partial charge >= 0.3 is 0 Å². The van der Waals surface area contributed by atoms with Crippen LogP contribution in [0.1, 0.15) is 39.2 Å². The average Bonchev–Trinajstić information content (AvgIpc) is 2.35. The molecule has 21 heavy (non-hydrogen) atoms. The first kappa shape index (κ1) is 16.1. The second-order valence-electron chi connectivity index (χ2n) is 7.32. The first-order valence-corrected chi connectivity index (χ1v) is 10.5. The molecule has 114 valence electrons. The number of benzene rings is 1. The molecule has 1 aromatic carbocycles. The van der Waals surface area contributed by atoms with E-state index in [0.29, 0.717) is 17.4 Å². The van der Waals surface area contributed by atoms with Crippen LogP contribution < -0.4 is 4.74 Å². The fraction of sp³-hybridized carbons (Fsp3) is 0.588. The molecule has 0 aliphatic heterocycles. The lowest BCUT2D eigenvalue weighted by Crippen LogP contribution is -2.50. The van der Waals surface area contributed by atoms with Crippen LogP contribution in [0.4, 0.5) is 0 Å². The third-order valence-corrected chi connectivity index (χ3v) is 9.16. The normalized spacial score (nSPS) is 22.3. The molecular weight excluding hydrogens is 278 g/mol. The number of nitriles is 1. The molecule has 0 aromatic heterocycles. The van der Waals surface area contributed by atoms with Gasteiger partial charge in [0.2, 0.25) is 0 Å². The topological polar surface area (TPSA) is 42.2 Å². The van der Waals surface area contributed by atoms with Crippen LogP contribution in [0.5, 0.6) is 5.75 Å². The Morgan fingerprint density at radius 2 is 1.76 bits per heavy atom. The van der Waals surface area contributed by atoms with Crippen molar-refractivity contribution >= 4 is 8.32 Å². The molecule has 0 unspecified atom stereocenters. The standard InChI is InChI=1S/C17H25NO2Si/c1-17(2,3)21(4,5)20-15-10-14(11-15)19-16-9-7-6-8-13(16)12-18/h6-9,14-15H,10-11H2,1-5H3. The highest BCUT2D eigenvalue weighted by molar-refractivity contribution is 6.74. The number of para-hydroxylation sites is 1. The Balaban J connectivity index is 1.87. The van der Waals surface area contributed by atoms with Crippen molar-refractivity contribution < 1.29 is 9.16 Å². The maximum Gasteiger partial charge on any atom is 0.192 e. The van der Waals surface area contributed by atoms with Gasteiger partial charge < -0.3 is 9.16 Å². The first-order chi connectivity index (χ1) is 9.73. The van der Waals surface area contributed by atoms with Gasteiger partial charge in [-0.2, -0.15) is 5.26 Å². The molecule has 2 rings (SSSR count). The number of nitrogens with zero attached hydrogens (tertiary/aromatic N) is 1. The van der Waals surface area contributed by atoms with Gasteiger partial charge in [0.25, 0.3) is 0 Å². The SMILES string of the molecule is CC(C)(C)[Si](C)(C)OC1CC(Oc2ccccc2C#N)C1. The molecule has 1 aromatic rings. The van der Waals surface area contributed by atoms with E-state index < -0.39 is 8.32 Å². The number of hydrogen-bond acceptors (Lipinski definition) is 3. The number of rotatable bonds is 4. The van der Waals surface area contributed by atoms with E-state index in [0.717, 1.165) is 12.8 Å². The minimum absolute atomic E-state index is 0.175. The zero-order valence-electron chi connectivity index (χ0n) is 13.6. The van der Waals surface area contributed by atoms with Gasteiger partial charge in [-0.25, -0.2) is 0 Å². The van der Waals surface area contributed by atoms with Gasteiger partial charge in [0.15, 0.2) is 8.32 Å². The first-order valence-electron chi connectivity index (χ1n) is 7.56. The lowest BCUT2D eigenvalue weighted by atomic mass is 9.92. The minimum atomic E-state index is -1.69. The predicted molar refractivity (Wildman–Crippen MR) is 86.9 cm³/mol. The van der Waals surface area contributed by atoms with Crippen molar-refractivity contribution in [2.45, 2.75) is 64.0 Å². The van der Waals surface area contributed by atoms with Crippen LogP contribution in [-0.4, -0.2) is 20.5 Å². The summed E-state index contributed by atoms with van der Waals surface area (Å²) in [4.78, 5) is 0. The quantitative estimate of drug-likeness (QED) is 0.770. The lowest BCUT2D eigenvalue weighted by Gasteiger charge is -2.44. The van der Waals surface area contributed by atoms with Crippen LogP contribution in [0.25, 0.3) is 0 Å². The van der Waals surface area contributed by atoms with Crippen LogP contribution in [0, 0.1) is 11.3 Å². The molecule has 1 aliphatic rings. The van der Waals surface area contributed by atoms with Gasteiger partial charge in [-0.1, -0.05) is 32.9 Å². The molecule has 0 atom stereocenters. The van der Waals surface area contributed by atoms with Crippen LogP contribution in [0.15, 0.2) is 24.3 Å². The van der Waals surface area contributed by atoms with E-state index >= 15 is 0 Å². The maximum absolute atomic E-state index is 9.07. The van der Waals surface area contributed by atoms with Gasteiger partial charge in [-0.15, -0.1) is 0 Å². The van der Waals surface area contributed by atoms with Crippen molar-refractivity contribution in [3.63, 3.8) is 0 Å². The van der Waals surface area contributed by atoms with Crippen LogP contribution >= 0.6 is 0 Å². The highest BCUT2D eigenvalue weighted by atomic mass is 28.4. The second-order valence-corrected chi connectivity index (χ2v) is 12.1. The molecular formula is C17H25NO2Si. The Hall–Kier alpha value is -1.31. The van der Waals surface area contributed by atoms with E-state index in [2.05, 4.69) is 39.9 Å². The van der Waals surface area contributed by atoms with E-state index in [1.54, 1.807) is 6.07 Å². The van der Waals surface area contributed by atoms with Gasteiger partial charge in [0.1, 0.15) is 17.9 Å². The summed E-state index contributed by atoms with van der Waals surface area (Å²) in [7, 11) is -1.69. The summed E-state index contributed by atoms with van der Waals surface area (Å²) in [6, 6.07) is 9.58. The molecule has 0 amide bonds. The summed E-state index contributed by atoms with van der Waals surface area (Å²) in [5.74, 6) is 0.691. The van der Waals surface area contributed by atoms with Crippen molar-refractivity contribution in [2.24, 2.45) is 0 Å². The van der Waals surface area contributed by atoms with Crippen LogP contribution in [-0.2, 0) is 4.43 Å². The summed E-state index contributed by atoms with van der Waals surface area (Å²) < 4.78 is 12.3. The Bertz CT molecular complexity index is 536. The number of ether oxygens (including phenoxy) is 1. The minimum Gasteiger partial charge on any atom is -0.489 e. The lowest BCUT2D eigenvalue weighted by molar-refractivity contribution is -0.00326. The molecule has 0 saturated heterocycles. The van der Waals surface area contributed by atoms with E-state index in [1.807, 2.05) is 18.2 Å². The third kappa shape index (κ3) is 3.66. The molecule has 0 bridgehead atoms. The Morgan fingerprint density at radius 1 is 1.14 bits per heavy atom. The molecule has 1 fully saturated rings. The summed E-state index contributed by atoms with van der Waals surface area (Å²) in [5.41, 5.74) is 0.603. The Labute approximate surface area is 129 Å². The van der Waals surface area contributed by atoms with Gasteiger partial charge in [0, 0.05) is 12.8 Å². The maximum atomic E-state index is 9.07. The fourth-order valence-electron chi connectivity index (χ4n) is 2.14. The van der Waals surface area contributed by atoms with Crippen LogP contribution in [0.2, 0.25) is 18.1 Å². The van der Waals surface area contributed by atoms with E-state index in [4.69, 9.17) is 14.4 Å². The molecule has 0 heterocycles. The summed E-state index contributed by atoms with van der Waals surface area (Å²) in [6.07, 6.45) is 2.33. The smallest absolute Gasteiger partial charge is 0.192 e. The van der Waals surface area contributed by atoms with E-state index in [1.165, 1.54) is 0 Å². The van der Waals surface area contributed by atoms with Gasteiger partial charge in [-0.3, -0.25) is 0 Å². The molecule has 1 saturated carbocycles. The van der Waals surface area contributed by atoms with Crippen molar-refractivity contribution in [2.75, 3.05) is 0 Å². The molecule has 4 heteroatoms. The van der Waals surface area contributed by atoms with Gasteiger partial charge in [-0.05, 0) is 30.3 Å². The summed E-state index contributed by atoms with van der Waals surface area (Å²) in [6.45, 7) is 11.3. The van der Waals surface area contributed by atoms with Gasteiger partial charge in [0.05, 0.1) is 11.7 Å². The second kappa shape index (κ2) is 5.82. The molecule has 3 nitrogen and oxygen atoms in total. The van der Waals surface area contributed by atoms with Crippen molar-refractivity contribution in [3.8, 4) is 11.8 Å². The summed E-state index contributed by atoms with van der Waals surface area (Å²) >= 11 is 0. The highest BCUT2D eigenvalue weighted by Crippen LogP contribution is 2.40. The van der Waals surface area contributed by atoms with E-state index in [9.17, 15) is 0 Å². The molecule has 1 aliphatic carbocycles. The highest BCUT2D eigenvalue weighted by Gasteiger charge is 2.43. The largest absolute Gasteiger partial charge is 0.489 e. The third-order valence-electron chi connectivity index (χ3n) is 4.62. The van der Waals surface area contributed by atoms with Crippen molar-refractivity contribution in [1.29, 1.82) is 5.26 Å². The zero-order chi connectivity index (χ0) is 15.7. The summed E-state index contributed by atoms with van der Waals surface area (Å²) in [5, 5.41) is 9.31. The molecule has 0 radical (unpaired) electrons. The Morgan fingerprint density at radius 3 is 2.33 bits per heavy atom. The number of hydrogen-bond donors (Lipinski definition) is 0. The van der Waals surface area contributed by atoms with Crippen molar-refractivity contribution in [3.05, 3.63) is 29.8 Å². The van der Waals surface area contributed by atoms with Crippen molar-refractivity contribution in [1.82, 2.24) is 0 Å². The zero-order valence-corrected chi connectivity index (χ0v) is 14.6. The monoisotopic (exact) mass is 303 g/mol. The predicted octanol–water partition coefficient (Wildman–Crippen LogP) is 4.49. The molecule has 0 spiro atoms. The Kier molecular flexibility index (Phi) is 4.45. The average molecular weight is 303 g/mol. The van der Waals surface area contributed by atoms with E-state index in [-0.39, 0.29) is 11.1 Å². The van der Waals surface area contributed by atoms with Crippen LogP contribution in [0.3, 0.4) is 0 Å². The fourth-order valence-corrected chi connectivity index (χ4v) is 3.52. The molecule has 0 N–H and O–H groups in total.